The summed E-state index contributed by atoms with van der Waals surface area (Å²) in [6, 6.07) is 10.8. The molecule has 1 atom stereocenters. The van der Waals surface area contributed by atoms with Gasteiger partial charge < -0.3 is 4.90 Å². The monoisotopic (exact) mass is 237 g/mol. The van der Waals surface area contributed by atoms with Crippen LogP contribution in [0.1, 0.15) is 25.3 Å². The summed E-state index contributed by atoms with van der Waals surface area (Å²) in [5, 5.41) is 10.4. The van der Waals surface area contributed by atoms with Gasteiger partial charge in [0.1, 0.15) is 6.07 Å². The van der Waals surface area contributed by atoms with Gasteiger partial charge >= 0.3 is 0 Å². The minimum Gasteiger partial charge on any atom is -0.367 e. The largest absolute Gasteiger partial charge is 0.367 e. The third-order valence-electron chi connectivity index (χ3n) is 3.71. The van der Waals surface area contributed by atoms with Crippen LogP contribution in [-0.2, 0) is 0 Å². The molecule has 2 aromatic rings. The summed E-state index contributed by atoms with van der Waals surface area (Å²) < 4.78 is 0. The number of para-hydroxylation sites is 1. The molecule has 1 aromatic carbocycles. The molecule has 0 N–H and O–H groups in total. The van der Waals surface area contributed by atoms with Crippen molar-refractivity contribution in [3.63, 3.8) is 0 Å². The van der Waals surface area contributed by atoms with E-state index in [1.54, 1.807) is 6.20 Å². The third-order valence-corrected chi connectivity index (χ3v) is 3.71. The maximum absolute atomic E-state index is 9.31. The summed E-state index contributed by atoms with van der Waals surface area (Å²) in [5.41, 5.74) is 2.71. The molecule has 2 heterocycles. The first-order chi connectivity index (χ1) is 8.81. The number of rotatable bonds is 1. The number of benzene rings is 1. The lowest BCUT2D eigenvalue weighted by Gasteiger charge is -2.26. The van der Waals surface area contributed by atoms with E-state index in [9.17, 15) is 5.26 Å². The highest BCUT2D eigenvalue weighted by atomic mass is 15.2. The summed E-state index contributed by atoms with van der Waals surface area (Å²) in [5.74, 6) is 0. The summed E-state index contributed by atoms with van der Waals surface area (Å²) in [6.45, 7) is 3.26. The van der Waals surface area contributed by atoms with Crippen LogP contribution in [0.5, 0.6) is 0 Å². The second-order valence-electron chi connectivity index (χ2n) is 4.83. The number of fused-ring (bicyclic) bond motifs is 1. The second-order valence-corrected chi connectivity index (χ2v) is 4.83. The highest BCUT2D eigenvalue weighted by Gasteiger charge is 2.24. The lowest BCUT2D eigenvalue weighted by Crippen LogP contribution is -2.27. The van der Waals surface area contributed by atoms with Crippen LogP contribution in [0, 0.1) is 11.3 Å². The number of pyridine rings is 1. The van der Waals surface area contributed by atoms with Crippen molar-refractivity contribution in [1.82, 2.24) is 4.98 Å². The minimum atomic E-state index is 0.503. The molecule has 0 spiro atoms. The number of nitrogens with zero attached hydrogens (tertiary/aromatic N) is 3. The van der Waals surface area contributed by atoms with Crippen LogP contribution in [0.4, 0.5) is 5.69 Å². The van der Waals surface area contributed by atoms with E-state index in [-0.39, 0.29) is 0 Å². The number of hydrogen-bond donors (Lipinski definition) is 0. The molecule has 3 heteroatoms. The number of aromatic nitrogens is 1. The van der Waals surface area contributed by atoms with Gasteiger partial charge in [-0.15, -0.1) is 0 Å². The van der Waals surface area contributed by atoms with Gasteiger partial charge in [0.2, 0.25) is 0 Å². The lowest BCUT2D eigenvalue weighted by atomic mass is 10.1. The maximum Gasteiger partial charge on any atom is 0.103 e. The molecule has 1 aliphatic rings. The Balaban J connectivity index is 2.27. The van der Waals surface area contributed by atoms with Crippen molar-refractivity contribution in [3.05, 3.63) is 36.0 Å². The van der Waals surface area contributed by atoms with Crippen molar-refractivity contribution in [1.29, 1.82) is 5.26 Å². The van der Waals surface area contributed by atoms with Crippen molar-refractivity contribution >= 4 is 16.6 Å². The summed E-state index contributed by atoms with van der Waals surface area (Å²) in [7, 11) is 0. The molecular weight excluding hydrogens is 222 g/mol. The van der Waals surface area contributed by atoms with Crippen LogP contribution in [0.2, 0.25) is 0 Å². The number of anilines is 1. The van der Waals surface area contributed by atoms with Gasteiger partial charge in [-0.05, 0) is 25.8 Å². The molecule has 18 heavy (non-hydrogen) atoms. The molecule has 0 saturated carbocycles. The molecule has 1 aliphatic heterocycles. The van der Waals surface area contributed by atoms with Gasteiger partial charge in [0.25, 0.3) is 0 Å². The zero-order valence-corrected chi connectivity index (χ0v) is 10.4. The maximum atomic E-state index is 9.31. The fourth-order valence-corrected chi connectivity index (χ4v) is 2.78. The van der Waals surface area contributed by atoms with E-state index >= 15 is 0 Å². The van der Waals surface area contributed by atoms with E-state index in [0.717, 1.165) is 23.1 Å². The van der Waals surface area contributed by atoms with E-state index in [1.807, 2.05) is 18.2 Å². The van der Waals surface area contributed by atoms with Crippen LogP contribution >= 0.6 is 0 Å². The summed E-state index contributed by atoms with van der Waals surface area (Å²) in [4.78, 5) is 6.71. The summed E-state index contributed by atoms with van der Waals surface area (Å²) >= 11 is 0. The van der Waals surface area contributed by atoms with E-state index in [1.165, 1.54) is 12.8 Å². The first-order valence-corrected chi connectivity index (χ1v) is 6.36. The number of nitriles is 1. The van der Waals surface area contributed by atoms with Crippen molar-refractivity contribution in [2.75, 3.05) is 11.4 Å². The first kappa shape index (κ1) is 11.0. The molecule has 1 fully saturated rings. The highest BCUT2D eigenvalue weighted by Crippen LogP contribution is 2.33. The van der Waals surface area contributed by atoms with Crippen molar-refractivity contribution < 1.29 is 0 Å². The molecule has 0 aliphatic carbocycles. The number of hydrogen-bond acceptors (Lipinski definition) is 3. The van der Waals surface area contributed by atoms with Gasteiger partial charge in [-0.2, -0.15) is 5.26 Å². The van der Waals surface area contributed by atoms with Gasteiger partial charge in [0.15, 0.2) is 0 Å². The fraction of sp³-hybridized carbons (Fsp3) is 0.333. The minimum absolute atomic E-state index is 0.503. The van der Waals surface area contributed by atoms with Crippen molar-refractivity contribution in [3.8, 4) is 6.07 Å². The molecule has 1 unspecified atom stereocenters. The van der Waals surface area contributed by atoms with Crippen molar-refractivity contribution in [2.24, 2.45) is 0 Å². The molecule has 3 nitrogen and oxygen atoms in total. The average molecular weight is 237 g/mol. The molecule has 1 aromatic heterocycles. The topological polar surface area (TPSA) is 39.9 Å². The van der Waals surface area contributed by atoms with E-state index < -0.39 is 0 Å². The van der Waals surface area contributed by atoms with Crippen LogP contribution < -0.4 is 4.90 Å². The van der Waals surface area contributed by atoms with E-state index in [0.29, 0.717) is 11.6 Å². The Kier molecular flexibility index (Phi) is 2.64. The molecule has 90 valence electrons. The average Bonchev–Trinajstić information content (AvgIpc) is 2.83. The van der Waals surface area contributed by atoms with Crippen LogP contribution in [0.3, 0.4) is 0 Å². The third kappa shape index (κ3) is 1.62. The Morgan fingerprint density at radius 1 is 1.39 bits per heavy atom. The van der Waals surface area contributed by atoms with Gasteiger partial charge in [0.05, 0.1) is 16.8 Å². The van der Waals surface area contributed by atoms with Crippen LogP contribution in [-0.4, -0.2) is 17.6 Å². The van der Waals surface area contributed by atoms with Gasteiger partial charge in [-0.1, -0.05) is 18.2 Å². The van der Waals surface area contributed by atoms with Gasteiger partial charge in [0, 0.05) is 24.2 Å². The molecule has 0 bridgehead atoms. The first-order valence-electron chi connectivity index (χ1n) is 6.36. The highest BCUT2D eigenvalue weighted by molar-refractivity contribution is 5.94. The summed E-state index contributed by atoms with van der Waals surface area (Å²) in [6.07, 6.45) is 4.09. The zero-order chi connectivity index (χ0) is 12.5. The predicted octanol–water partition coefficient (Wildman–Crippen LogP) is 3.10. The zero-order valence-electron chi connectivity index (χ0n) is 10.4. The molecule has 0 radical (unpaired) electrons. The second kappa shape index (κ2) is 4.30. The van der Waals surface area contributed by atoms with Gasteiger partial charge in [-0.3, -0.25) is 4.98 Å². The molecule has 3 rings (SSSR count). The molecule has 0 amide bonds. The molecule has 1 saturated heterocycles. The standard InChI is InChI=1S/C15H15N3/c1-11-5-4-8-18(11)15-12(9-16)10-17-14-7-3-2-6-13(14)15/h2-3,6-7,10-11H,4-5,8H2,1H3. The fourth-order valence-electron chi connectivity index (χ4n) is 2.78. The smallest absolute Gasteiger partial charge is 0.103 e. The Morgan fingerprint density at radius 2 is 2.22 bits per heavy atom. The van der Waals surface area contributed by atoms with Crippen LogP contribution in [0.15, 0.2) is 30.5 Å². The van der Waals surface area contributed by atoms with Crippen molar-refractivity contribution in [2.45, 2.75) is 25.8 Å². The Hall–Kier alpha value is -2.08. The van der Waals surface area contributed by atoms with E-state index in [2.05, 4.69) is 28.9 Å². The predicted molar refractivity (Wildman–Crippen MR) is 72.5 cm³/mol. The van der Waals surface area contributed by atoms with E-state index in [4.69, 9.17) is 0 Å². The Morgan fingerprint density at radius 3 is 2.94 bits per heavy atom. The lowest BCUT2D eigenvalue weighted by molar-refractivity contribution is 0.736. The Labute approximate surface area is 107 Å². The van der Waals surface area contributed by atoms with Crippen LogP contribution in [0.25, 0.3) is 10.9 Å². The normalized spacial score (nSPS) is 19.1. The SMILES string of the molecule is CC1CCCN1c1c(C#N)cnc2ccccc12. The molecular formula is C15H15N3. The quantitative estimate of drug-likeness (QED) is 0.765. The Bertz CT molecular complexity index is 627. The van der Waals surface area contributed by atoms with Gasteiger partial charge in [-0.25, -0.2) is 0 Å².